The molecule has 1 aromatic rings. The van der Waals surface area contributed by atoms with Crippen LogP contribution < -0.4 is 10.2 Å². The highest BCUT2D eigenvalue weighted by molar-refractivity contribution is 5.50. The Kier molecular flexibility index (Phi) is 4.37. The number of piperidine rings is 1. The molecule has 1 aliphatic rings. The molecule has 2 rings (SSSR count). The lowest BCUT2D eigenvalue weighted by Crippen LogP contribution is -2.46. The maximum absolute atomic E-state index is 4.38. The van der Waals surface area contributed by atoms with E-state index in [0.717, 1.165) is 25.3 Å². The molecule has 1 aromatic heterocycles. The van der Waals surface area contributed by atoms with Crippen LogP contribution in [0.1, 0.15) is 31.9 Å². The van der Waals surface area contributed by atoms with E-state index < -0.39 is 0 Å². The van der Waals surface area contributed by atoms with Gasteiger partial charge in [-0.05, 0) is 44.9 Å². The van der Waals surface area contributed by atoms with E-state index in [-0.39, 0.29) is 0 Å². The van der Waals surface area contributed by atoms with Crippen LogP contribution in [0.2, 0.25) is 0 Å². The fourth-order valence-corrected chi connectivity index (χ4v) is 2.52. The third-order valence-electron chi connectivity index (χ3n) is 3.42. The van der Waals surface area contributed by atoms with Gasteiger partial charge in [0.25, 0.3) is 0 Å². The Morgan fingerprint density at radius 1 is 1.53 bits per heavy atom. The lowest BCUT2D eigenvalue weighted by Gasteiger charge is -2.35. The minimum Gasteiger partial charge on any atom is -0.369 e. The van der Waals surface area contributed by atoms with Crippen LogP contribution in [-0.4, -0.2) is 30.7 Å². The molecule has 3 nitrogen and oxygen atoms in total. The zero-order chi connectivity index (χ0) is 12.1. The number of hydrogen-bond donors (Lipinski definition) is 1. The van der Waals surface area contributed by atoms with Gasteiger partial charge in [0.1, 0.15) is 0 Å². The molecule has 0 radical (unpaired) electrons. The van der Waals surface area contributed by atoms with E-state index in [1.165, 1.54) is 24.9 Å². The number of aromatic nitrogens is 1. The van der Waals surface area contributed by atoms with Crippen LogP contribution in [0.25, 0.3) is 0 Å². The fourth-order valence-electron chi connectivity index (χ4n) is 2.52. The maximum atomic E-state index is 4.38. The van der Waals surface area contributed by atoms with E-state index >= 15 is 0 Å². The van der Waals surface area contributed by atoms with Gasteiger partial charge in [0.05, 0.1) is 11.4 Å². The second kappa shape index (κ2) is 6.01. The summed E-state index contributed by atoms with van der Waals surface area (Å²) in [5.74, 6) is 0. The van der Waals surface area contributed by atoms with Crippen LogP contribution in [0.15, 0.2) is 18.3 Å². The molecule has 0 spiro atoms. The molecule has 1 N–H and O–H groups in total. The summed E-state index contributed by atoms with van der Waals surface area (Å²) in [6.45, 7) is 7.73. The number of pyridine rings is 1. The molecule has 0 bridgehead atoms. The topological polar surface area (TPSA) is 28.2 Å². The van der Waals surface area contributed by atoms with Gasteiger partial charge in [0.2, 0.25) is 0 Å². The Hall–Kier alpha value is -1.09. The first-order valence-corrected chi connectivity index (χ1v) is 6.71. The molecule has 2 heterocycles. The molecule has 0 aromatic carbocycles. The number of aryl methyl sites for hydroxylation is 1. The average molecular weight is 233 g/mol. The second-order valence-electron chi connectivity index (χ2n) is 4.85. The van der Waals surface area contributed by atoms with E-state index in [4.69, 9.17) is 0 Å². The maximum Gasteiger partial charge on any atom is 0.0605 e. The quantitative estimate of drug-likeness (QED) is 0.865. The van der Waals surface area contributed by atoms with E-state index in [2.05, 4.69) is 35.1 Å². The summed E-state index contributed by atoms with van der Waals surface area (Å²) in [5, 5.41) is 3.63. The average Bonchev–Trinajstić information content (AvgIpc) is 2.37. The molecule has 0 aliphatic carbocycles. The van der Waals surface area contributed by atoms with Gasteiger partial charge in [-0.25, -0.2) is 0 Å². The van der Waals surface area contributed by atoms with Gasteiger partial charge in [-0.15, -0.1) is 0 Å². The molecular formula is C14H23N3. The summed E-state index contributed by atoms with van der Waals surface area (Å²) in [7, 11) is 0. The zero-order valence-corrected chi connectivity index (χ0v) is 10.9. The Morgan fingerprint density at radius 2 is 2.41 bits per heavy atom. The molecule has 0 saturated carbocycles. The minimum atomic E-state index is 0.642. The lowest BCUT2D eigenvalue weighted by molar-refractivity contribution is 0.423. The fraction of sp³-hybridized carbons (Fsp3) is 0.643. The monoisotopic (exact) mass is 233 g/mol. The first-order chi connectivity index (χ1) is 8.31. The number of anilines is 1. The number of nitrogens with one attached hydrogen (secondary N) is 1. The van der Waals surface area contributed by atoms with Crippen LogP contribution >= 0.6 is 0 Å². The smallest absolute Gasteiger partial charge is 0.0605 e. The minimum absolute atomic E-state index is 0.642. The van der Waals surface area contributed by atoms with Crippen molar-refractivity contribution >= 4 is 5.69 Å². The number of hydrogen-bond acceptors (Lipinski definition) is 3. The zero-order valence-electron chi connectivity index (χ0n) is 10.9. The highest BCUT2D eigenvalue weighted by Gasteiger charge is 2.20. The second-order valence-corrected chi connectivity index (χ2v) is 4.85. The van der Waals surface area contributed by atoms with Gasteiger partial charge in [-0.1, -0.05) is 6.92 Å². The normalized spacial score (nSPS) is 20.6. The Labute approximate surface area is 104 Å². The van der Waals surface area contributed by atoms with Crippen LogP contribution in [-0.2, 0) is 0 Å². The molecular weight excluding hydrogens is 210 g/mol. The van der Waals surface area contributed by atoms with Gasteiger partial charge in [-0.2, -0.15) is 0 Å². The van der Waals surface area contributed by atoms with Gasteiger partial charge >= 0.3 is 0 Å². The number of rotatable bonds is 4. The van der Waals surface area contributed by atoms with Crippen LogP contribution in [0.4, 0.5) is 5.69 Å². The van der Waals surface area contributed by atoms with Gasteiger partial charge in [0, 0.05) is 25.3 Å². The molecule has 0 amide bonds. The SMILES string of the molecule is CCCNC1CCCN(c2cccnc2C)C1. The third-order valence-corrected chi connectivity index (χ3v) is 3.42. The Bertz CT molecular complexity index is 351. The van der Waals surface area contributed by atoms with Crippen molar-refractivity contribution in [2.75, 3.05) is 24.5 Å². The van der Waals surface area contributed by atoms with Crippen molar-refractivity contribution in [2.45, 2.75) is 39.2 Å². The van der Waals surface area contributed by atoms with Crippen molar-refractivity contribution in [3.63, 3.8) is 0 Å². The van der Waals surface area contributed by atoms with E-state index in [1.807, 2.05) is 12.3 Å². The Balaban J connectivity index is 1.99. The summed E-state index contributed by atoms with van der Waals surface area (Å²) in [5.41, 5.74) is 2.44. The first-order valence-electron chi connectivity index (χ1n) is 6.71. The lowest BCUT2D eigenvalue weighted by atomic mass is 10.0. The van der Waals surface area contributed by atoms with Gasteiger partial charge < -0.3 is 10.2 Å². The molecule has 17 heavy (non-hydrogen) atoms. The van der Waals surface area contributed by atoms with Crippen molar-refractivity contribution in [3.05, 3.63) is 24.0 Å². The van der Waals surface area contributed by atoms with Crippen molar-refractivity contribution in [3.8, 4) is 0 Å². The van der Waals surface area contributed by atoms with Crippen molar-refractivity contribution in [1.29, 1.82) is 0 Å². The van der Waals surface area contributed by atoms with E-state index in [9.17, 15) is 0 Å². The largest absolute Gasteiger partial charge is 0.369 e. The van der Waals surface area contributed by atoms with Crippen LogP contribution in [0.5, 0.6) is 0 Å². The molecule has 3 heteroatoms. The summed E-state index contributed by atoms with van der Waals surface area (Å²) < 4.78 is 0. The first kappa shape index (κ1) is 12.4. The summed E-state index contributed by atoms with van der Waals surface area (Å²) >= 11 is 0. The van der Waals surface area contributed by atoms with Gasteiger partial charge in [-0.3, -0.25) is 4.98 Å². The third kappa shape index (κ3) is 3.19. The van der Waals surface area contributed by atoms with Crippen molar-refractivity contribution in [2.24, 2.45) is 0 Å². The molecule has 1 fully saturated rings. The Morgan fingerprint density at radius 3 is 3.18 bits per heavy atom. The summed E-state index contributed by atoms with van der Waals surface area (Å²) in [6, 6.07) is 4.86. The van der Waals surface area contributed by atoms with Crippen molar-refractivity contribution < 1.29 is 0 Å². The van der Waals surface area contributed by atoms with Crippen molar-refractivity contribution in [1.82, 2.24) is 10.3 Å². The highest BCUT2D eigenvalue weighted by Crippen LogP contribution is 2.21. The molecule has 1 unspecified atom stereocenters. The van der Waals surface area contributed by atoms with Crippen LogP contribution in [0.3, 0.4) is 0 Å². The molecule has 1 aliphatic heterocycles. The predicted molar refractivity (Wildman–Crippen MR) is 72.5 cm³/mol. The summed E-state index contributed by atoms with van der Waals surface area (Å²) in [6.07, 6.45) is 5.66. The molecule has 94 valence electrons. The van der Waals surface area contributed by atoms with Crippen LogP contribution in [0, 0.1) is 6.92 Å². The summed E-state index contributed by atoms with van der Waals surface area (Å²) in [4.78, 5) is 6.85. The van der Waals surface area contributed by atoms with E-state index in [1.54, 1.807) is 0 Å². The van der Waals surface area contributed by atoms with E-state index in [0.29, 0.717) is 6.04 Å². The predicted octanol–water partition coefficient (Wildman–Crippen LogP) is 2.36. The molecule has 1 atom stereocenters. The number of nitrogens with zero attached hydrogens (tertiary/aromatic N) is 2. The highest BCUT2D eigenvalue weighted by atomic mass is 15.2. The molecule has 1 saturated heterocycles. The van der Waals surface area contributed by atoms with Gasteiger partial charge in [0.15, 0.2) is 0 Å². The standard InChI is InChI=1S/C14H23N3/c1-3-8-16-13-6-5-10-17(11-13)14-7-4-9-15-12(14)2/h4,7,9,13,16H,3,5-6,8,10-11H2,1-2H3.